The van der Waals surface area contributed by atoms with Crippen molar-refractivity contribution in [2.45, 2.75) is 13.8 Å². The summed E-state index contributed by atoms with van der Waals surface area (Å²) in [6.07, 6.45) is 0. The van der Waals surface area contributed by atoms with Gasteiger partial charge in [0.1, 0.15) is 0 Å². The SMILES string of the molecule is Cc1cc(Br)ccc1N(c1ccc(-c2ccc3c(c2)C(=O)c2ccccc2C3=O)cc1)c1ccc(Br)cc1C. The Bertz CT molecular complexity index is 1740. The zero-order valence-corrected chi connectivity index (χ0v) is 24.5. The van der Waals surface area contributed by atoms with Gasteiger partial charge in [-0.05, 0) is 96.8 Å². The number of hydrogen-bond acceptors (Lipinski definition) is 3. The van der Waals surface area contributed by atoms with E-state index in [2.05, 4.69) is 111 Å². The Labute approximate surface area is 244 Å². The molecule has 5 aromatic rings. The molecule has 0 fully saturated rings. The number of anilines is 3. The number of halogens is 2. The van der Waals surface area contributed by atoms with Crippen LogP contribution >= 0.6 is 31.9 Å². The van der Waals surface area contributed by atoms with Gasteiger partial charge in [-0.25, -0.2) is 0 Å². The van der Waals surface area contributed by atoms with E-state index < -0.39 is 0 Å². The number of rotatable bonds is 4. The van der Waals surface area contributed by atoms with Crippen molar-refractivity contribution in [1.29, 1.82) is 0 Å². The molecule has 0 atom stereocenters. The quantitative estimate of drug-likeness (QED) is 0.193. The Morgan fingerprint density at radius 1 is 0.513 bits per heavy atom. The van der Waals surface area contributed by atoms with E-state index in [1.54, 1.807) is 30.3 Å². The number of nitrogens with zero attached hydrogens (tertiary/aromatic N) is 1. The second-order valence-electron chi connectivity index (χ2n) is 9.71. The van der Waals surface area contributed by atoms with E-state index in [0.29, 0.717) is 22.3 Å². The summed E-state index contributed by atoms with van der Waals surface area (Å²) in [6, 6.07) is 33.5. The standard InChI is InChI=1S/C34H23Br2NO2/c1-20-17-24(35)10-15-31(20)37(32-16-11-25(36)18-21(32)2)26-12-7-22(8-13-26)23-9-14-29-30(19-23)34(39)28-6-4-3-5-27(28)33(29)38/h3-19H,1-2H3. The highest BCUT2D eigenvalue weighted by molar-refractivity contribution is 9.10. The minimum Gasteiger partial charge on any atom is -0.310 e. The Morgan fingerprint density at radius 2 is 1.00 bits per heavy atom. The number of fused-ring (bicyclic) bond motifs is 2. The first kappa shape index (κ1) is 25.5. The lowest BCUT2D eigenvalue weighted by molar-refractivity contribution is 0.0979. The molecule has 0 spiro atoms. The van der Waals surface area contributed by atoms with Crippen LogP contribution in [0.5, 0.6) is 0 Å². The van der Waals surface area contributed by atoms with Crippen molar-refractivity contribution >= 4 is 60.5 Å². The zero-order chi connectivity index (χ0) is 27.3. The third kappa shape index (κ3) is 4.56. The van der Waals surface area contributed by atoms with Gasteiger partial charge in [-0.1, -0.05) is 74.3 Å². The maximum absolute atomic E-state index is 13.2. The van der Waals surface area contributed by atoms with Crippen LogP contribution < -0.4 is 4.90 Å². The zero-order valence-electron chi connectivity index (χ0n) is 21.3. The predicted molar refractivity (Wildman–Crippen MR) is 165 cm³/mol. The largest absolute Gasteiger partial charge is 0.310 e. The van der Waals surface area contributed by atoms with E-state index in [9.17, 15) is 9.59 Å². The van der Waals surface area contributed by atoms with E-state index in [4.69, 9.17) is 0 Å². The lowest BCUT2D eigenvalue weighted by atomic mass is 9.83. The van der Waals surface area contributed by atoms with Gasteiger partial charge in [0.25, 0.3) is 0 Å². The molecule has 1 aliphatic carbocycles. The summed E-state index contributed by atoms with van der Waals surface area (Å²) < 4.78 is 2.07. The maximum atomic E-state index is 13.2. The van der Waals surface area contributed by atoms with Crippen molar-refractivity contribution in [3.8, 4) is 11.1 Å². The van der Waals surface area contributed by atoms with Crippen LogP contribution in [0.2, 0.25) is 0 Å². The molecule has 0 unspecified atom stereocenters. The molecule has 0 saturated carbocycles. The van der Waals surface area contributed by atoms with Crippen LogP contribution in [0.4, 0.5) is 17.1 Å². The van der Waals surface area contributed by atoms with E-state index in [0.717, 1.165) is 48.3 Å². The van der Waals surface area contributed by atoms with Gasteiger partial charge in [0.15, 0.2) is 11.6 Å². The highest BCUT2D eigenvalue weighted by Crippen LogP contribution is 2.40. The summed E-state index contributed by atoms with van der Waals surface area (Å²) in [5.41, 5.74) is 9.22. The lowest BCUT2D eigenvalue weighted by Crippen LogP contribution is -2.20. The Hall–Kier alpha value is -3.80. The van der Waals surface area contributed by atoms with Gasteiger partial charge < -0.3 is 4.90 Å². The van der Waals surface area contributed by atoms with Gasteiger partial charge in [-0.2, -0.15) is 0 Å². The number of aryl methyl sites for hydroxylation is 2. The van der Waals surface area contributed by atoms with Crippen molar-refractivity contribution < 1.29 is 9.59 Å². The molecule has 1 aliphatic rings. The van der Waals surface area contributed by atoms with Crippen LogP contribution in [0, 0.1) is 13.8 Å². The molecule has 0 amide bonds. The molecule has 0 N–H and O–H groups in total. The van der Waals surface area contributed by atoms with Gasteiger partial charge in [-0.15, -0.1) is 0 Å². The second kappa shape index (κ2) is 10.1. The van der Waals surface area contributed by atoms with Gasteiger partial charge in [0.05, 0.1) is 0 Å². The Morgan fingerprint density at radius 3 is 1.54 bits per heavy atom. The van der Waals surface area contributed by atoms with Crippen LogP contribution in [0.25, 0.3) is 11.1 Å². The number of hydrogen-bond donors (Lipinski definition) is 0. The van der Waals surface area contributed by atoms with Crippen LogP contribution in [0.15, 0.2) is 112 Å². The van der Waals surface area contributed by atoms with Crippen molar-refractivity contribution in [2.24, 2.45) is 0 Å². The van der Waals surface area contributed by atoms with E-state index in [1.165, 1.54) is 0 Å². The molecule has 0 saturated heterocycles. The van der Waals surface area contributed by atoms with E-state index in [1.807, 2.05) is 12.1 Å². The number of carbonyl (C=O) groups excluding carboxylic acids is 2. The minimum absolute atomic E-state index is 0.104. The summed E-state index contributed by atoms with van der Waals surface area (Å²) in [7, 11) is 0. The Kier molecular flexibility index (Phi) is 6.57. The number of carbonyl (C=O) groups is 2. The number of benzene rings is 5. The van der Waals surface area contributed by atoms with E-state index >= 15 is 0 Å². The summed E-state index contributed by atoms with van der Waals surface area (Å²) in [5, 5.41) is 0. The molecule has 5 aromatic carbocycles. The van der Waals surface area contributed by atoms with Gasteiger partial charge in [0, 0.05) is 48.3 Å². The molecule has 0 aliphatic heterocycles. The van der Waals surface area contributed by atoms with Gasteiger partial charge in [-0.3, -0.25) is 9.59 Å². The summed E-state index contributed by atoms with van der Waals surface area (Å²) in [5.74, 6) is -0.214. The van der Waals surface area contributed by atoms with Crippen molar-refractivity contribution in [2.75, 3.05) is 4.90 Å². The molecule has 0 radical (unpaired) electrons. The van der Waals surface area contributed by atoms with Crippen LogP contribution in [-0.2, 0) is 0 Å². The number of ketones is 2. The van der Waals surface area contributed by atoms with Crippen molar-refractivity contribution in [3.05, 3.63) is 145 Å². The molecule has 190 valence electrons. The first-order valence-electron chi connectivity index (χ1n) is 12.6. The van der Waals surface area contributed by atoms with Gasteiger partial charge in [0.2, 0.25) is 0 Å². The molecule has 0 aromatic heterocycles. The normalized spacial score (nSPS) is 12.2. The summed E-state index contributed by atoms with van der Waals surface area (Å²) in [6.45, 7) is 4.22. The highest BCUT2D eigenvalue weighted by atomic mass is 79.9. The highest BCUT2D eigenvalue weighted by Gasteiger charge is 2.29. The molecular weight excluding hydrogens is 614 g/mol. The molecule has 3 nitrogen and oxygen atoms in total. The Balaban J connectivity index is 1.41. The van der Waals surface area contributed by atoms with Crippen LogP contribution in [-0.4, -0.2) is 11.6 Å². The molecule has 6 rings (SSSR count). The monoisotopic (exact) mass is 635 g/mol. The fraction of sp³-hybridized carbons (Fsp3) is 0.0588. The van der Waals surface area contributed by atoms with Gasteiger partial charge >= 0.3 is 0 Å². The molecular formula is C34H23Br2NO2. The maximum Gasteiger partial charge on any atom is 0.194 e. The topological polar surface area (TPSA) is 37.4 Å². The summed E-state index contributed by atoms with van der Waals surface area (Å²) >= 11 is 7.18. The second-order valence-corrected chi connectivity index (χ2v) is 11.5. The third-order valence-corrected chi connectivity index (χ3v) is 8.17. The average Bonchev–Trinajstić information content (AvgIpc) is 2.94. The first-order valence-corrected chi connectivity index (χ1v) is 14.2. The average molecular weight is 637 g/mol. The first-order chi connectivity index (χ1) is 18.8. The fourth-order valence-corrected chi connectivity index (χ4v) is 6.18. The van der Waals surface area contributed by atoms with Crippen LogP contribution in [0.3, 0.4) is 0 Å². The predicted octanol–water partition coefficient (Wildman–Crippen LogP) is 9.74. The molecule has 0 heterocycles. The van der Waals surface area contributed by atoms with E-state index in [-0.39, 0.29) is 11.6 Å². The third-order valence-electron chi connectivity index (χ3n) is 7.18. The van der Waals surface area contributed by atoms with Crippen LogP contribution in [0.1, 0.15) is 43.0 Å². The lowest BCUT2D eigenvalue weighted by Gasteiger charge is -2.29. The van der Waals surface area contributed by atoms with Crippen molar-refractivity contribution in [3.63, 3.8) is 0 Å². The molecule has 39 heavy (non-hydrogen) atoms. The van der Waals surface area contributed by atoms with Crippen molar-refractivity contribution in [1.82, 2.24) is 0 Å². The minimum atomic E-state index is -0.110. The molecule has 5 heteroatoms. The smallest absolute Gasteiger partial charge is 0.194 e. The summed E-state index contributed by atoms with van der Waals surface area (Å²) in [4.78, 5) is 28.5. The molecule has 0 bridgehead atoms. The fourth-order valence-electron chi connectivity index (χ4n) is 5.23.